The third-order valence-corrected chi connectivity index (χ3v) is 16.0. The molecule has 0 saturated heterocycles. The van der Waals surface area contributed by atoms with Gasteiger partial charge in [-0.15, -0.1) is 11.1 Å². The van der Waals surface area contributed by atoms with Crippen molar-refractivity contribution in [1.29, 1.82) is 0 Å². The maximum Gasteiger partial charge on any atom is 0.178 e. The van der Waals surface area contributed by atoms with E-state index >= 15 is 0 Å². The molecule has 0 heterocycles. The normalized spacial score (nSPS) is 14.1. The van der Waals surface area contributed by atoms with Crippen LogP contribution < -0.4 is 0 Å². The molecule has 2 N–H and O–H groups in total. The minimum Gasteiger partial charge on any atom is -0.369 e. The van der Waals surface area contributed by atoms with Crippen molar-refractivity contribution < 1.29 is 19.7 Å². The van der Waals surface area contributed by atoms with E-state index in [1.165, 1.54) is 0 Å². The fourth-order valence-electron chi connectivity index (χ4n) is 3.31. The number of hydrogen-bond acceptors (Lipinski definition) is 4. The number of ether oxygens (including phenoxy) is 2. The Kier molecular flexibility index (Phi) is 16.5. The topological polar surface area (TPSA) is 58.9 Å². The van der Waals surface area contributed by atoms with Crippen molar-refractivity contribution in [3.8, 4) is 58.5 Å². The van der Waals surface area contributed by atoms with Gasteiger partial charge in [0.2, 0.25) is 0 Å². The molecule has 6 heteroatoms. The molecule has 4 atom stereocenters. The third kappa shape index (κ3) is 11.5. The average Bonchev–Trinajstić information content (AvgIpc) is 2.88. The van der Waals surface area contributed by atoms with Crippen molar-refractivity contribution in [2.75, 3.05) is 14.2 Å². The van der Waals surface area contributed by atoms with Crippen LogP contribution in [0.25, 0.3) is 0 Å². The molecule has 0 aliphatic carbocycles. The Balaban J connectivity index is 5.30. The van der Waals surface area contributed by atoms with E-state index in [1.54, 1.807) is 14.2 Å². The summed E-state index contributed by atoms with van der Waals surface area (Å²) < 4.78 is 10.6. The largest absolute Gasteiger partial charge is 0.369 e. The summed E-state index contributed by atoms with van der Waals surface area (Å²) >= 11 is 0. The van der Waals surface area contributed by atoms with Crippen LogP contribution >= 0.6 is 0 Å². The van der Waals surface area contributed by atoms with Crippen molar-refractivity contribution in [1.82, 2.24) is 0 Å². The molecule has 0 aromatic carbocycles. The van der Waals surface area contributed by atoms with Crippen molar-refractivity contribution in [2.24, 2.45) is 0 Å². The minimum absolute atomic E-state index is 0.580. The molecular weight excluding hydrogens is 456 g/mol. The van der Waals surface area contributed by atoms with Gasteiger partial charge in [0.15, 0.2) is 24.4 Å². The van der Waals surface area contributed by atoms with E-state index in [-0.39, 0.29) is 0 Å². The summed E-state index contributed by atoms with van der Waals surface area (Å²) in [5.41, 5.74) is 6.87. The van der Waals surface area contributed by atoms with Gasteiger partial charge in [-0.05, 0) is 36.3 Å². The van der Waals surface area contributed by atoms with Crippen molar-refractivity contribution in [3.05, 3.63) is 0 Å². The Labute approximate surface area is 210 Å². The quantitative estimate of drug-likeness (QED) is 0.394. The van der Waals surface area contributed by atoms with Crippen LogP contribution in [0.4, 0.5) is 0 Å². The van der Waals surface area contributed by atoms with Gasteiger partial charge in [-0.1, -0.05) is 88.9 Å². The summed E-state index contributed by atoms with van der Waals surface area (Å²) in [5, 5.41) is 20.1. The first kappa shape index (κ1) is 32.1. The van der Waals surface area contributed by atoms with Gasteiger partial charge in [-0.25, -0.2) is 0 Å². The summed E-state index contributed by atoms with van der Waals surface area (Å²) in [6.07, 6.45) is -3.62. The Morgan fingerprint density at radius 1 is 0.500 bits per heavy atom. The molecule has 0 aliphatic rings. The van der Waals surface area contributed by atoms with Gasteiger partial charge in [0.05, 0.1) is 0 Å². The Morgan fingerprint density at radius 2 is 0.765 bits per heavy atom. The highest BCUT2D eigenvalue weighted by Crippen LogP contribution is 2.19. The van der Waals surface area contributed by atoms with Gasteiger partial charge in [0.1, 0.15) is 16.1 Å². The maximum absolute atomic E-state index is 10.0. The standard InChI is InChI=1S/C28H42O4Si2/c1-9-33(10-2,11-3)23-21-27(31-7)19-17-25(29)15-16-26(30)18-20-28(32-8)22-24-34(12-4,13-5)14-6/h25-30H,9-14H2,1-8H3. The lowest BCUT2D eigenvalue weighted by Gasteiger charge is -2.20. The van der Waals surface area contributed by atoms with Crippen LogP contribution in [0.2, 0.25) is 36.3 Å². The van der Waals surface area contributed by atoms with Crippen molar-refractivity contribution in [3.63, 3.8) is 0 Å². The second kappa shape index (κ2) is 17.5. The molecule has 0 radical (unpaired) electrons. The summed E-state index contributed by atoms with van der Waals surface area (Å²) in [6.45, 7) is 13.1. The van der Waals surface area contributed by atoms with Crippen LogP contribution in [-0.2, 0) is 9.47 Å². The molecule has 0 aromatic rings. The number of methoxy groups -OCH3 is 2. The van der Waals surface area contributed by atoms with Gasteiger partial charge in [0.25, 0.3) is 0 Å². The lowest BCUT2D eigenvalue weighted by atomic mass is 10.2. The lowest BCUT2D eigenvalue weighted by molar-refractivity contribution is 0.190. The molecule has 0 rings (SSSR count). The zero-order valence-corrected chi connectivity index (χ0v) is 24.3. The first-order chi connectivity index (χ1) is 16.2. The van der Waals surface area contributed by atoms with Crippen LogP contribution in [-0.4, -0.2) is 65.0 Å². The maximum atomic E-state index is 10.0. The van der Waals surface area contributed by atoms with E-state index in [2.05, 4.69) is 100.0 Å². The molecule has 34 heavy (non-hydrogen) atoms. The van der Waals surface area contributed by atoms with Gasteiger partial charge < -0.3 is 19.7 Å². The SMILES string of the molecule is CC[Si](C#CC(C#CC(O)C#CC(O)C#CC(C#C[Si](CC)(CC)CC)OC)OC)(CC)CC. The highest BCUT2D eigenvalue weighted by atomic mass is 28.3. The highest BCUT2D eigenvalue weighted by Gasteiger charge is 2.25. The van der Waals surface area contributed by atoms with Crippen LogP contribution in [0, 0.1) is 58.5 Å². The molecule has 4 nitrogen and oxygen atoms in total. The number of aliphatic hydroxyl groups is 2. The molecular formula is C28H42O4Si2. The van der Waals surface area contributed by atoms with Crippen molar-refractivity contribution in [2.45, 2.75) is 102 Å². The van der Waals surface area contributed by atoms with E-state index in [1.807, 2.05) is 0 Å². The fraction of sp³-hybridized carbons (Fsp3) is 0.643. The molecule has 0 aromatic heterocycles. The molecule has 0 bridgehead atoms. The van der Waals surface area contributed by atoms with Crippen LogP contribution in [0.15, 0.2) is 0 Å². The average molecular weight is 499 g/mol. The van der Waals surface area contributed by atoms with E-state index in [0.717, 1.165) is 36.3 Å². The van der Waals surface area contributed by atoms with Gasteiger partial charge in [0, 0.05) is 14.2 Å². The fourth-order valence-corrected chi connectivity index (χ4v) is 8.25. The summed E-state index contributed by atoms with van der Waals surface area (Å²) in [4.78, 5) is 0. The number of hydrogen-bond donors (Lipinski definition) is 2. The monoisotopic (exact) mass is 498 g/mol. The molecule has 4 unspecified atom stereocenters. The third-order valence-electron chi connectivity index (χ3n) is 6.53. The van der Waals surface area contributed by atoms with E-state index in [9.17, 15) is 10.2 Å². The van der Waals surface area contributed by atoms with E-state index < -0.39 is 40.6 Å². The zero-order chi connectivity index (χ0) is 26.0. The van der Waals surface area contributed by atoms with Gasteiger partial charge in [-0.3, -0.25) is 0 Å². The summed E-state index contributed by atoms with van der Waals surface area (Å²) in [5.74, 6) is 22.1. The van der Waals surface area contributed by atoms with E-state index in [0.29, 0.717) is 0 Å². The summed E-state index contributed by atoms with van der Waals surface area (Å²) in [6, 6.07) is 6.57. The van der Waals surface area contributed by atoms with Gasteiger partial charge >= 0.3 is 0 Å². The Hall–Kier alpha value is -1.93. The first-order valence-corrected chi connectivity index (χ1v) is 17.5. The first-order valence-electron chi connectivity index (χ1n) is 12.2. The second-order valence-corrected chi connectivity index (χ2v) is 18.0. The predicted molar refractivity (Wildman–Crippen MR) is 147 cm³/mol. The number of aliphatic hydroxyl groups excluding tert-OH is 2. The zero-order valence-electron chi connectivity index (χ0n) is 22.3. The predicted octanol–water partition coefficient (Wildman–Crippen LogP) is 3.85. The van der Waals surface area contributed by atoms with Crippen LogP contribution in [0.5, 0.6) is 0 Å². The lowest BCUT2D eigenvalue weighted by Crippen LogP contribution is -2.30. The molecule has 0 spiro atoms. The Bertz CT molecular complexity index is 820. The second-order valence-electron chi connectivity index (χ2n) is 8.12. The van der Waals surface area contributed by atoms with Gasteiger partial charge in [-0.2, -0.15) is 0 Å². The molecule has 0 saturated carbocycles. The minimum atomic E-state index is -1.59. The van der Waals surface area contributed by atoms with Crippen molar-refractivity contribution >= 4 is 16.1 Å². The van der Waals surface area contributed by atoms with Crippen LogP contribution in [0.3, 0.4) is 0 Å². The van der Waals surface area contributed by atoms with Crippen LogP contribution in [0.1, 0.15) is 41.5 Å². The van der Waals surface area contributed by atoms with E-state index in [4.69, 9.17) is 9.47 Å². The Morgan fingerprint density at radius 3 is 1.00 bits per heavy atom. The smallest absolute Gasteiger partial charge is 0.178 e. The molecule has 0 aliphatic heterocycles. The molecule has 186 valence electrons. The molecule has 0 fully saturated rings. The number of rotatable bonds is 8. The highest BCUT2D eigenvalue weighted by molar-refractivity contribution is 6.87. The summed E-state index contributed by atoms with van der Waals surface area (Å²) in [7, 11) is -0.100. The molecule has 0 amide bonds.